The third-order valence-electron chi connectivity index (χ3n) is 3.15. The molecule has 0 aromatic heterocycles. The van der Waals surface area contributed by atoms with E-state index in [0.717, 1.165) is 0 Å². The van der Waals surface area contributed by atoms with Gasteiger partial charge in [-0.3, -0.25) is 9.59 Å². The van der Waals surface area contributed by atoms with Crippen molar-refractivity contribution in [2.24, 2.45) is 0 Å². The minimum atomic E-state index is -0.621. The summed E-state index contributed by atoms with van der Waals surface area (Å²) >= 11 is 2.34. The van der Waals surface area contributed by atoms with Gasteiger partial charge in [0.25, 0.3) is 0 Å². The molecule has 0 aliphatic carbocycles. The lowest BCUT2D eigenvalue weighted by molar-refractivity contribution is -0.139. The third-order valence-corrected chi connectivity index (χ3v) is 5.23. The maximum atomic E-state index is 12.3. The molecule has 8 nitrogen and oxygen atoms in total. The molecule has 2 N–H and O–H groups in total. The summed E-state index contributed by atoms with van der Waals surface area (Å²) in [4.78, 5) is 47.6. The molecule has 2 fully saturated rings. The SMILES string of the molecule is CCOC(=O)/C(C/C(C(=O)OCC)=C1\NC(=O)CS1)=C1/NC(=O)CS1. The fourth-order valence-corrected chi connectivity index (χ4v) is 3.83. The highest BCUT2D eigenvalue weighted by molar-refractivity contribution is 8.04. The molecule has 2 amide bonds. The van der Waals surface area contributed by atoms with Gasteiger partial charge in [-0.1, -0.05) is 23.5 Å². The van der Waals surface area contributed by atoms with E-state index in [4.69, 9.17) is 9.47 Å². The lowest BCUT2D eigenvalue weighted by Gasteiger charge is -2.14. The molecule has 0 bridgehead atoms. The first-order valence-corrected chi connectivity index (χ1v) is 9.59. The average molecular weight is 386 g/mol. The summed E-state index contributed by atoms with van der Waals surface area (Å²) < 4.78 is 10.1. The molecular weight excluding hydrogens is 368 g/mol. The summed E-state index contributed by atoms with van der Waals surface area (Å²) in [6.45, 7) is 3.65. The van der Waals surface area contributed by atoms with E-state index < -0.39 is 11.9 Å². The van der Waals surface area contributed by atoms with Crippen molar-refractivity contribution >= 4 is 47.3 Å². The van der Waals surface area contributed by atoms with Crippen molar-refractivity contribution in [2.45, 2.75) is 20.3 Å². The highest BCUT2D eigenvalue weighted by Gasteiger charge is 2.30. The molecule has 10 heteroatoms. The lowest BCUT2D eigenvalue weighted by atomic mass is 10.1. The van der Waals surface area contributed by atoms with Crippen LogP contribution in [0.15, 0.2) is 21.2 Å². The molecule has 2 aliphatic heterocycles. The standard InChI is InChI=1S/C15H18N2O6S2/c1-3-22-14(20)8(12-16-10(18)6-24-12)5-9(15(21)23-4-2)13-17-11(19)7-25-13/h3-7H2,1-2H3,(H,16,18)(H,17,19)/b12-8-,13-9-. The van der Waals surface area contributed by atoms with E-state index in [1.165, 1.54) is 23.5 Å². The number of esters is 2. The first-order valence-electron chi connectivity index (χ1n) is 7.62. The van der Waals surface area contributed by atoms with Gasteiger partial charge in [0.2, 0.25) is 11.8 Å². The molecule has 0 saturated carbocycles. The second-order valence-electron chi connectivity index (χ2n) is 4.91. The fraction of sp³-hybridized carbons (Fsp3) is 0.467. The Morgan fingerprint density at radius 3 is 1.56 bits per heavy atom. The van der Waals surface area contributed by atoms with Crippen LogP contribution in [0.4, 0.5) is 0 Å². The number of rotatable bonds is 6. The van der Waals surface area contributed by atoms with Gasteiger partial charge in [0.05, 0.1) is 45.9 Å². The average Bonchev–Trinajstić information content (AvgIpc) is 3.17. The Hall–Kier alpha value is -1.94. The van der Waals surface area contributed by atoms with Crippen LogP contribution < -0.4 is 10.6 Å². The number of carbonyl (C=O) groups excluding carboxylic acids is 4. The number of hydrogen-bond acceptors (Lipinski definition) is 8. The second-order valence-corrected chi connectivity index (χ2v) is 6.88. The molecule has 0 spiro atoms. The van der Waals surface area contributed by atoms with Gasteiger partial charge in [-0.15, -0.1) is 0 Å². The van der Waals surface area contributed by atoms with Crippen LogP contribution >= 0.6 is 23.5 Å². The van der Waals surface area contributed by atoms with Gasteiger partial charge in [0, 0.05) is 6.42 Å². The molecule has 0 aromatic carbocycles. The maximum Gasteiger partial charge on any atom is 0.337 e. The summed E-state index contributed by atoms with van der Waals surface area (Å²) in [5.74, 6) is -1.32. The van der Waals surface area contributed by atoms with Crippen LogP contribution in [0.2, 0.25) is 0 Å². The van der Waals surface area contributed by atoms with Crippen LogP contribution in [0, 0.1) is 0 Å². The number of carbonyl (C=O) groups is 4. The van der Waals surface area contributed by atoms with Crippen molar-refractivity contribution in [3.63, 3.8) is 0 Å². The molecular formula is C15H18N2O6S2. The Kier molecular flexibility index (Phi) is 6.94. The number of amides is 2. The number of ether oxygens (including phenoxy) is 2. The minimum Gasteiger partial charge on any atom is -0.463 e. The molecule has 2 saturated heterocycles. The zero-order valence-electron chi connectivity index (χ0n) is 13.8. The summed E-state index contributed by atoms with van der Waals surface area (Å²) in [5, 5.41) is 5.93. The van der Waals surface area contributed by atoms with Crippen LogP contribution in [0.1, 0.15) is 20.3 Å². The molecule has 0 unspecified atom stereocenters. The summed E-state index contributed by atoms with van der Waals surface area (Å²) in [6, 6.07) is 0. The van der Waals surface area contributed by atoms with E-state index in [9.17, 15) is 19.2 Å². The monoisotopic (exact) mass is 386 g/mol. The first-order chi connectivity index (χ1) is 12.0. The van der Waals surface area contributed by atoms with Crippen LogP contribution in [0.25, 0.3) is 0 Å². The Morgan fingerprint density at radius 1 is 0.880 bits per heavy atom. The molecule has 25 heavy (non-hydrogen) atoms. The molecule has 0 aromatic rings. The molecule has 0 atom stereocenters. The smallest absolute Gasteiger partial charge is 0.337 e. The van der Waals surface area contributed by atoms with Gasteiger partial charge >= 0.3 is 11.9 Å². The summed E-state index contributed by atoms with van der Waals surface area (Å²) in [5.41, 5.74) is 0.324. The van der Waals surface area contributed by atoms with Gasteiger partial charge in [-0.05, 0) is 13.8 Å². The van der Waals surface area contributed by atoms with E-state index in [-0.39, 0.29) is 54.1 Å². The Bertz CT molecular complexity index is 615. The summed E-state index contributed by atoms with van der Waals surface area (Å²) in [7, 11) is 0. The number of hydrogen-bond donors (Lipinski definition) is 2. The molecule has 2 rings (SSSR count). The van der Waals surface area contributed by atoms with E-state index in [1.54, 1.807) is 13.8 Å². The van der Waals surface area contributed by atoms with Crippen LogP contribution in [-0.4, -0.2) is 48.5 Å². The van der Waals surface area contributed by atoms with Crippen LogP contribution in [0.3, 0.4) is 0 Å². The van der Waals surface area contributed by atoms with Crippen LogP contribution in [-0.2, 0) is 28.7 Å². The number of thioether (sulfide) groups is 2. The number of nitrogens with one attached hydrogen (secondary N) is 2. The van der Waals surface area contributed by atoms with E-state index >= 15 is 0 Å². The Morgan fingerprint density at radius 2 is 1.28 bits per heavy atom. The first kappa shape index (κ1) is 19.4. The van der Waals surface area contributed by atoms with Crippen molar-refractivity contribution in [3.05, 3.63) is 21.2 Å². The van der Waals surface area contributed by atoms with Gasteiger partial charge in [0.1, 0.15) is 0 Å². The van der Waals surface area contributed by atoms with Crippen molar-refractivity contribution in [1.29, 1.82) is 0 Å². The highest BCUT2D eigenvalue weighted by Crippen LogP contribution is 2.32. The normalized spacial score (nSPS) is 20.7. The maximum absolute atomic E-state index is 12.3. The van der Waals surface area contributed by atoms with Crippen molar-refractivity contribution < 1.29 is 28.7 Å². The predicted octanol–water partition coefficient (Wildman–Crippen LogP) is 0.652. The third kappa shape index (κ3) is 5.02. The quantitative estimate of drug-likeness (QED) is 0.506. The summed E-state index contributed by atoms with van der Waals surface area (Å²) in [6.07, 6.45) is -0.108. The molecule has 136 valence electrons. The van der Waals surface area contributed by atoms with E-state index in [1.807, 2.05) is 0 Å². The van der Waals surface area contributed by atoms with Gasteiger partial charge < -0.3 is 20.1 Å². The fourth-order valence-electron chi connectivity index (χ4n) is 2.10. The highest BCUT2D eigenvalue weighted by atomic mass is 32.2. The molecule has 0 radical (unpaired) electrons. The Balaban J connectivity index is 2.38. The van der Waals surface area contributed by atoms with Crippen molar-refractivity contribution in [2.75, 3.05) is 24.7 Å². The minimum absolute atomic E-state index is 0.108. The van der Waals surface area contributed by atoms with E-state index in [2.05, 4.69) is 10.6 Å². The van der Waals surface area contributed by atoms with Crippen molar-refractivity contribution in [3.8, 4) is 0 Å². The zero-order chi connectivity index (χ0) is 18.4. The molecule has 2 aliphatic rings. The van der Waals surface area contributed by atoms with Gasteiger partial charge in [0.15, 0.2) is 0 Å². The second kappa shape index (κ2) is 8.95. The molecule has 2 heterocycles. The predicted molar refractivity (Wildman–Crippen MR) is 93.1 cm³/mol. The van der Waals surface area contributed by atoms with Gasteiger partial charge in [-0.25, -0.2) is 9.59 Å². The van der Waals surface area contributed by atoms with Crippen LogP contribution in [0.5, 0.6) is 0 Å². The zero-order valence-corrected chi connectivity index (χ0v) is 15.4. The topological polar surface area (TPSA) is 111 Å². The Labute approximate surface area is 153 Å². The largest absolute Gasteiger partial charge is 0.463 e. The van der Waals surface area contributed by atoms with Gasteiger partial charge in [-0.2, -0.15) is 0 Å². The van der Waals surface area contributed by atoms with E-state index in [0.29, 0.717) is 10.1 Å². The lowest BCUT2D eigenvalue weighted by Crippen LogP contribution is -2.22. The van der Waals surface area contributed by atoms with Crippen molar-refractivity contribution in [1.82, 2.24) is 10.6 Å².